The van der Waals surface area contributed by atoms with Gasteiger partial charge in [-0.05, 0) is 35.2 Å². The summed E-state index contributed by atoms with van der Waals surface area (Å²) in [5, 5.41) is 13.7. The van der Waals surface area contributed by atoms with Crippen molar-refractivity contribution in [2.24, 2.45) is 0 Å². The molecule has 0 spiro atoms. The Morgan fingerprint density at radius 2 is 1.86 bits per heavy atom. The first-order chi connectivity index (χ1) is 14.0. The van der Waals surface area contributed by atoms with Crippen LogP contribution < -0.4 is 16.0 Å². The normalized spacial score (nSPS) is 22.2. The van der Waals surface area contributed by atoms with Gasteiger partial charge < -0.3 is 21.1 Å². The van der Waals surface area contributed by atoms with Gasteiger partial charge in [-0.2, -0.15) is 0 Å². The zero-order valence-electron chi connectivity index (χ0n) is 17.0. The van der Waals surface area contributed by atoms with E-state index in [2.05, 4.69) is 33.3 Å². The van der Waals surface area contributed by atoms with Crippen molar-refractivity contribution in [3.8, 4) is 0 Å². The van der Waals surface area contributed by atoms with E-state index in [1.807, 2.05) is 24.3 Å². The van der Waals surface area contributed by atoms with Gasteiger partial charge in [-0.25, -0.2) is 0 Å². The number of para-hydroxylation sites is 1. The molecule has 2 atom stereocenters. The van der Waals surface area contributed by atoms with E-state index < -0.39 is 0 Å². The monoisotopic (exact) mass is 394 g/mol. The number of piperazine rings is 1. The van der Waals surface area contributed by atoms with Gasteiger partial charge in [-0.1, -0.05) is 30.3 Å². The molecule has 0 unspecified atom stereocenters. The molecule has 29 heavy (non-hydrogen) atoms. The molecule has 6 heteroatoms. The van der Waals surface area contributed by atoms with Crippen LogP contribution in [0.15, 0.2) is 42.5 Å². The van der Waals surface area contributed by atoms with Crippen molar-refractivity contribution >= 4 is 17.3 Å². The molecule has 0 radical (unpaired) electrons. The molecule has 0 aromatic heterocycles. The first kappa shape index (κ1) is 19.7. The summed E-state index contributed by atoms with van der Waals surface area (Å²) in [4.78, 5) is 16.1. The Hall–Kier alpha value is -2.57. The fourth-order valence-electron chi connectivity index (χ4n) is 4.66. The molecule has 2 aromatic rings. The number of aliphatic hydroxyl groups is 1. The number of nitrogens with one attached hydrogen (secondary N) is 1. The number of carbonyl (C=O) groups excluding carboxylic acids is 1. The molecule has 0 saturated carbocycles. The van der Waals surface area contributed by atoms with Crippen LogP contribution in [-0.2, 0) is 24.2 Å². The van der Waals surface area contributed by atoms with Crippen molar-refractivity contribution in [2.75, 3.05) is 36.8 Å². The van der Waals surface area contributed by atoms with Crippen LogP contribution in [0.25, 0.3) is 0 Å². The van der Waals surface area contributed by atoms with Crippen molar-refractivity contribution in [3.63, 3.8) is 0 Å². The minimum Gasteiger partial charge on any atom is -0.398 e. The van der Waals surface area contributed by atoms with E-state index in [0.29, 0.717) is 13.0 Å². The highest BCUT2D eigenvalue weighted by atomic mass is 16.3. The Bertz CT molecular complexity index is 877. The summed E-state index contributed by atoms with van der Waals surface area (Å²) in [6.45, 7) is 5.69. The number of carbonyl (C=O) groups is 1. The van der Waals surface area contributed by atoms with Gasteiger partial charge >= 0.3 is 0 Å². The Morgan fingerprint density at radius 3 is 2.62 bits per heavy atom. The van der Waals surface area contributed by atoms with Gasteiger partial charge in [0, 0.05) is 63.5 Å². The molecule has 1 fully saturated rings. The van der Waals surface area contributed by atoms with Crippen LogP contribution in [0.3, 0.4) is 0 Å². The number of hydrogen-bond acceptors (Lipinski definition) is 5. The fourth-order valence-corrected chi connectivity index (χ4v) is 4.66. The fraction of sp³-hybridized carbons (Fsp3) is 0.435. The van der Waals surface area contributed by atoms with Crippen LogP contribution in [0.4, 0.5) is 11.4 Å². The highest BCUT2D eigenvalue weighted by molar-refractivity contribution is 5.73. The number of amides is 1. The second-order valence-corrected chi connectivity index (χ2v) is 8.09. The number of rotatable bonds is 4. The largest absolute Gasteiger partial charge is 0.398 e. The summed E-state index contributed by atoms with van der Waals surface area (Å²) >= 11 is 0. The number of nitrogens with zero attached hydrogens (tertiary/aromatic N) is 2. The van der Waals surface area contributed by atoms with Crippen molar-refractivity contribution in [2.45, 2.75) is 38.5 Å². The molecule has 154 valence electrons. The van der Waals surface area contributed by atoms with Crippen molar-refractivity contribution in [1.29, 1.82) is 0 Å². The molecule has 1 aliphatic heterocycles. The Morgan fingerprint density at radius 1 is 1.10 bits per heavy atom. The summed E-state index contributed by atoms with van der Waals surface area (Å²) in [5.41, 5.74) is 11.7. The Labute approximate surface area is 172 Å². The van der Waals surface area contributed by atoms with Crippen molar-refractivity contribution in [1.82, 2.24) is 10.2 Å². The summed E-state index contributed by atoms with van der Waals surface area (Å²) in [6, 6.07) is 14.4. The predicted molar refractivity (Wildman–Crippen MR) is 116 cm³/mol. The van der Waals surface area contributed by atoms with Gasteiger partial charge in [0.15, 0.2) is 0 Å². The number of anilines is 2. The van der Waals surface area contributed by atoms with Crippen LogP contribution in [0.1, 0.15) is 23.6 Å². The molecule has 1 heterocycles. The highest BCUT2D eigenvalue weighted by Crippen LogP contribution is 2.30. The lowest BCUT2D eigenvalue weighted by molar-refractivity contribution is -0.119. The van der Waals surface area contributed by atoms with Gasteiger partial charge in [0.25, 0.3) is 0 Å². The van der Waals surface area contributed by atoms with Gasteiger partial charge in [0.2, 0.25) is 5.91 Å². The van der Waals surface area contributed by atoms with Crippen LogP contribution >= 0.6 is 0 Å². The standard InChI is InChI=1S/C23H30N4O2/c1-16(28)25-15-18-5-2-3-8-21(18)26-9-11-27(12-10-26)22-14-19-17(13-23(22)29)6-4-7-20(19)24/h2-8,22-23,29H,9-15,24H2,1H3,(H,25,28)/t22-,23-/m1/s1. The quantitative estimate of drug-likeness (QED) is 0.686. The third-order valence-electron chi connectivity index (χ3n) is 6.24. The molecule has 2 aliphatic rings. The van der Waals surface area contributed by atoms with E-state index >= 15 is 0 Å². The van der Waals surface area contributed by atoms with E-state index in [1.165, 1.54) is 16.8 Å². The van der Waals surface area contributed by atoms with Gasteiger partial charge in [0.05, 0.1) is 6.10 Å². The lowest BCUT2D eigenvalue weighted by atomic mass is 9.84. The minimum atomic E-state index is -0.358. The zero-order chi connectivity index (χ0) is 20.4. The third kappa shape index (κ3) is 4.23. The molecule has 1 saturated heterocycles. The lowest BCUT2D eigenvalue weighted by Crippen LogP contribution is -2.56. The van der Waals surface area contributed by atoms with Crippen molar-refractivity contribution < 1.29 is 9.90 Å². The SMILES string of the molecule is CC(=O)NCc1ccccc1N1CCN([C@@H]2Cc3c(N)cccc3C[C@H]2O)CC1. The topological polar surface area (TPSA) is 81.8 Å². The van der Waals surface area contributed by atoms with E-state index in [1.54, 1.807) is 6.92 Å². The molecular formula is C23H30N4O2. The average molecular weight is 395 g/mol. The maximum atomic E-state index is 11.3. The maximum absolute atomic E-state index is 11.3. The first-order valence-corrected chi connectivity index (χ1v) is 10.4. The number of nitrogens with two attached hydrogens (primary N) is 1. The van der Waals surface area contributed by atoms with Crippen LogP contribution in [0.5, 0.6) is 0 Å². The predicted octanol–water partition coefficient (Wildman–Crippen LogP) is 1.56. The summed E-state index contributed by atoms with van der Waals surface area (Å²) in [5.74, 6) is -0.0181. The molecule has 0 bridgehead atoms. The molecular weight excluding hydrogens is 364 g/mol. The number of nitrogen functional groups attached to an aromatic ring is 1. The van der Waals surface area contributed by atoms with E-state index in [4.69, 9.17) is 5.73 Å². The smallest absolute Gasteiger partial charge is 0.217 e. The van der Waals surface area contributed by atoms with Crippen LogP contribution in [0, 0.1) is 0 Å². The second-order valence-electron chi connectivity index (χ2n) is 8.09. The Kier molecular flexibility index (Phi) is 5.74. The molecule has 4 rings (SSSR count). The summed E-state index contributed by atoms with van der Waals surface area (Å²) in [6.07, 6.45) is 1.12. The molecule has 1 aliphatic carbocycles. The van der Waals surface area contributed by atoms with E-state index in [0.717, 1.165) is 43.9 Å². The van der Waals surface area contributed by atoms with Gasteiger partial charge in [0.1, 0.15) is 0 Å². The number of benzene rings is 2. The maximum Gasteiger partial charge on any atom is 0.217 e. The highest BCUT2D eigenvalue weighted by Gasteiger charge is 2.34. The molecule has 1 amide bonds. The Balaban J connectivity index is 1.43. The van der Waals surface area contributed by atoms with Gasteiger partial charge in [-0.3, -0.25) is 9.69 Å². The second kappa shape index (κ2) is 8.43. The average Bonchev–Trinajstić information content (AvgIpc) is 2.72. The lowest BCUT2D eigenvalue weighted by Gasteiger charge is -2.44. The minimum absolute atomic E-state index is 0.0181. The van der Waals surface area contributed by atoms with Crippen LogP contribution in [0.2, 0.25) is 0 Å². The zero-order valence-corrected chi connectivity index (χ0v) is 17.0. The molecule has 6 nitrogen and oxygen atoms in total. The van der Waals surface area contributed by atoms with E-state index in [-0.39, 0.29) is 18.1 Å². The third-order valence-corrected chi connectivity index (χ3v) is 6.24. The number of fused-ring (bicyclic) bond motifs is 1. The first-order valence-electron chi connectivity index (χ1n) is 10.4. The van der Waals surface area contributed by atoms with Crippen molar-refractivity contribution in [3.05, 3.63) is 59.2 Å². The summed E-state index contributed by atoms with van der Waals surface area (Å²) < 4.78 is 0. The summed E-state index contributed by atoms with van der Waals surface area (Å²) in [7, 11) is 0. The molecule has 4 N–H and O–H groups in total. The van der Waals surface area contributed by atoms with Gasteiger partial charge in [-0.15, -0.1) is 0 Å². The van der Waals surface area contributed by atoms with Crippen LogP contribution in [-0.4, -0.2) is 54.2 Å². The number of hydrogen-bond donors (Lipinski definition) is 3. The van der Waals surface area contributed by atoms with E-state index in [9.17, 15) is 9.90 Å². The molecule has 2 aromatic carbocycles. The number of aliphatic hydroxyl groups excluding tert-OH is 1.